The van der Waals surface area contributed by atoms with Gasteiger partial charge in [-0.15, -0.1) is 0 Å². The summed E-state index contributed by atoms with van der Waals surface area (Å²) in [5.41, 5.74) is 2.25. The zero-order valence-electron chi connectivity index (χ0n) is 18.9. The number of aromatic nitrogens is 2. The maximum absolute atomic E-state index is 14.5. The van der Waals surface area contributed by atoms with E-state index in [-0.39, 0.29) is 30.1 Å². The van der Waals surface area contributed by atoms with E-state index in [4.69, 9.17) is 4.74 Å². The molecule has 0 N–H and O–H groups in total. The molecule has 35 heavy (non-hydrogen) atoms. The van der Waals surface area contributed by atoms with E-state index in [1.165, 1.54) is 30.3 Å². The molecule has 1 aliphatic rings. The molecule has 5 nitrogen and oxygen atoms in total. The van der Waals surface area contributed by atoms with Crippen LogP contribution >= 0.6 is 0 Å². The summed E-state index contributed by atoms with van der Waals surface area (Å²) in [6.45, 7) is 1.95. The van der Waals surface area contributed by atoms with E-state index in [1.54, 1.807) is 16.5 Å². The summed E-state index contributed by atoms with van der Waals surface area (Å²) < 4.78 is 48.9. The average molecular weight is 477 g/mol. The highest BCUT2D eigenvalue weighted by atomic mass is 19.1. The van der Waals surface area contributed by atoms with Gasteiger partial charge in [-0.25, -0.2) is 17.9 Å². The minimum Gasteiger partial charge on any atom is -0.435 e. The predicted molar refractivity (Wildman–Crippen MR) is 124 cm³/mol. The molecule has 178 valence electrons. The monoisotopic (exact) mass is 477 g/mol. The normalized spacial score (nSPS) is 13.0. The van der Waals surface area contributed by atoms with E-state index in [0.29, 0.717) is 22.5 Å². The first kappa shape index (κ1) is 22.7. The quantitative estimate of drug-likeness (QED) is 0.319. The molecule has 8 heteroatoms. The number of ether oxygens (including phenoxy) is 1. The number of amides is 1. The Hall–Kier alpha value is -4.07. The molecule has 4 aromatic rings. The Morgan fingerprint density at radius 2 is 1.69 bits per heavy atom. The molecule has 1 fully saturated rings. The molecule has 1 saturated carbocycles. The van der Waals surface area contributed by atoms with Gasteiger partial charge in [0.2, 0.25) is 5.88 Å². The Labute approximate surface area is 200 Å². The van der Waals surface area contributed by atoms with E-state index >= 15 is 0 Å². The summed E-state index contributed by atoms with van der Waals surface area (Å²) in [6, 6.07) is 17.7. The lowest BCUT2D eigenvalue weighted by molar-refractivity contribution is 0.0728. The number of rotatable bonds is 7. The van der Waals surface area contributed by atoms with Gasteiger partial charge in [0, 0.05) is 17.7 Å². The molecular formula is C27H22F3N3O2. The molecule has 1 heterocycles. The van der Waals surface area contributed by atoms with Gasteiger partial charge in [0.05, 0.1) is 23.5 Å². The lowest BCUT2D eigenvalue weighted by Crippen LogP contribution is -2.32. The SMILES string of the molecule is Cc1nn(-c2ccccc2)c(Oc2ccc(F)cc2F)c1CN(C(=O)c1ccc(F)cc1)C1CC1. The molecule has 0 bridgehead atoms. The highest BCUT2D eigenvalue weighted by Crippen LogP contribution is 2.36. The number of para-hydroxylation sites is 1. The van der Waals surface area contributed by atoms with E-state index in [1.807, 2.05) is 30.3 Å². The number of hydrogen-bond donors (Lipinski definition) is 0. The number of halogens is 3. The first-order chi connectivity index (χ1) is 16.9. The molecule has 0 spiro atoms. The van der Waals surface area contributed by atoms with Crippen molar-refractivity contribution < 1.29 is 22.7 Å². The molecule has 5 rings (SSSR count). The van der Waals surface area contributed by atoms with Crippen LogP contribution in [0.1, 0.15) is 34.5 Å². The first-order valence-electron chi connectivity index (χ1n) is 11.2. The molecule has 0 atom stereocenters. The number of benzene rings is 3. The third-order valence-corrected chi connectivity index (χ3v) is 5.91. The van der Waals surface area contributed by atoms with Crippen molar-refractivity contribution >= 4 is 5.91 Å². The topological polar surface area (TPSA) is 47.4 Å². The zero-order valence-corrected chi connectivity index (χ0v) is 18.9. The Morgan fingerprint density at radius 3 is 2.34 bits per heavy atom. The van der Waals surface area contributed by atoms with Crippen molar-refractivity contribution in [3.63, 3.8) is 0 Å². The largest absolute Gasteiger partial charge is 0.435 e. The molecule has 0 saturated heterocycles. The van der Waals surface area contributed by atoms with Gasteiger partial charge in [0.15, 0.2) is 11.6 Å². The van der Waals surface area contributed by atoms with Crippen molar-refractivity contribution in [2.24, 2.45) is 0 Å². The van der Waals surface area contributed by atoms with Gasteiger partial charge in [0.1, 0.15) is 11.6 Å². The number of aryl methyl sites for hydroxylation is 1. The molecule has 0 aliphatic heterocycles. The molecule has 1 aliphatic carbocycles. The zero-order chi connectivity index (χ0) is 24.5. The van der Waals surface area contributed by atoms with E-state index in [0.717, 1.165) is 25.0 Å². The van der Waals surface area contributed by atoms with Gasteiger partial charge >= 0.3 is 0 Å². The van der Waals surface area contributed by atoms with Crippen LogP contribution < -0.4 is 4.74 Å². The van der Waals surface area contributed by atoms with Crippen molar-refractivity contribution in [3.05, 3.63) is 107 Å². The van der Waals surface area contributed by atoms with Gasteiger partial charge in [-0.05, 0) is 68.3 Å². The summed E-state index contributed by atoms with van der Waals surface area (Å²) in [5.74, 6) is -2.15. The van der Waals surface area contributed by atoms with E-state index in [2.05, 4.69) is 5.10 Å². The number of nitrogens with zero attached hydrogens (tertiary/aromatic N) is 3. The lowest BCUT2D eigenvalue weighted by atomic mass is 10.1. The van der Waals surface area contributed by atoms with Crippen molar-refractivity contribution in [2.45, 2.75) is 32.4 Å². The third kappa shape index (κ3) is 4.77. The summed E-state index contributed by atoms with van der Waals surface area (Å²) in [4.78, 5) is 15.0. The maximum atomic E-state index is 14.5. The van der Waals surface area contributed by atoms with Crippen LogP contribution in [0, 0.1) is 24.4 Å². The van der Waals surface area contributed by atoms with Gasteiger partial charge < -0.3 is 9.64 Å². The molecule has 0 unspecified atom stereocenters. The van der Waals surface area contributed by atoms with Crippen LogP contribution in [0.15, 0.2) is 72.8 Å². The molecule has 1 amide bonds. The number of hydrogen-bond acceptors (Lipinski definition) is 3. The Kier molecular flexibility index (Phi) is 6.03. The van der Waals surface area contributed by atoms with Crippen LogP contribution in [0.3, 0.4) is 0 Å². The van der Waals surface area contributed by atoms with Crippen LogP contribution in [0.2, 0.25) is 0 Å². The van der Waals surface area contributed by atoms with Gasteiger partial charge in [-0.3, -0.25) is 4.79 Å². The fourth-order valence-corrected chi connectivity index (χ4v) is 3.91. The van der Waals surface area contributed by atoms with Gasteiger partial charge in [-0.2, -0.15) is 5.10 Å². The molecule has 1 aromatic heterocycles. The van der Waals surface area contributed by atoms with E-state index in [9.17, 15) is 18.0 Å². The Balaban J connectivity index is 1.56. The second-order valence-electron chi connectivity index (χ2n) is 8.46. The third-order valence-electron chi connectivity index (χ3n) is 5.91. The molecule has 3 aromatic carbocycles. The Bertz CT molecular complexity index is 1370. The van der Waals surface area contributed by atoms with Crippen molar-refractivity contribution in [1.29, 1.82) is 0 Å². The van der Waals surface area contributed by atoms with Crippen LogP contribution in [-0.2, 0) is 6.54 Å². The predicted octanol–water partition coefficient (Wildman–Crippen LogP) is 6.20. The highest BCUT2D eigenvalue weighted by molar-refractivity contribution is 5.94. The summed E-state index contributed by atoms with van der Waals surface area (Å²) in [6.07, 6.45) is 1.70. The van der Waals surface area contributed by atoms with E-state index < -0.39 is 17.5 Å². The standard InChI is InChI=1S/C27H22F3N3O2/c1-17-23(16-32(21-12-13-21)26(34)18-7-9-19(28)10-8-18)27(33(31-17)22-5-3-2-4-6-22)35-25-14-11-20(29)15-24(25)30/h2-11,14-15,21H,12-13,16H2,1H3. The maximum Gasteiger partial charge on any atom is 0.254 e. The fourth-order valence-electron chi connectivity index (χ4n) is 3.91. The van der Waals surface area contributed by atoms with Crippen molar-refractivity contribution in [1.82, 2.24) is 14.7 Å². The number of carbonyl (C=O) groups is 1. The number of carbonyl (C=O) groups excluding carboxylic acids is 1. The fraction of sp³-hybridized carbons (Fsp3) is 0.185. The Morgan fingerprint density at radius 1 is 1.00 bits per heavy atom. The average Bonchev–Trinajstić information content (AvgIpc) is 3.65. The minimum atomic E-state index is -0.851. The lowest BCUT2D eigenvalue weighted by Gasteiger charge is -2.23. The highest BCUT2D eigenvalue weighted by Gasteiger charge is 2.35. The summed E-state index contributed by atoms with van der Waals surface area (Å²) in [5, 5.41) is 4.61. The second-order valence-corrected chi connectivity index (χ2v) is 8.46. The van der Waals surface area contributed by atoms with Crippen LogP contribution in [0.5, 0.6) is 11.6 Å². The first-order valence-corrected chi connectivity index (χ1v) is 11.2. The van der Waals surface area contributed by atoms with Crippen molar-refractivity contribution in [3.8, 4) is 17.3 Å². The van der Waals surface area contributed by atoms with Crippen LogP contribution in [0.25, 0.3) is 5.69 Å². The minimum absolute atomic E-state index is 0.0300. The van der Waals surface area contributed by atoms with Gasteiger partial charge in [-0.1, -0.05) is 18.2 Å². The van der Waals surface area contributed by atoms with Crippen LogP contribution in [0.4, 0.5) is 13.2 Å². The summed E-state index contributed by atoms with van der Waals surface area (Å²) in [7, 11) is 0. The van der Waals surface area contributed by atoms with Gasteiger partial charge in [0.25, 0.3) is 5.91 Å². The molecule has 0 radical (unpaired) electrons. The summed E-state index contributed by atoms with van der Waals surface area (Å²) >= 11 is 0. The van der Waals surface area contributed by atoms with Crippen molar-refractivity contribution in [2.75, 3.05) is 0 Å². The molecular weight excluding hydrogens is 455 g/mol. The van der Waals surface area contributed by atoms with Crippen LogP contribution in [-0.4, -0.2) is 26.6 Å². The second kappa shape index (κ2) is 9.29. The smallest absolute Gasteiger partial charge is 0.254 e.